The molecular formula is C26H31ClFNO. The lowest BCUT2D eigenvalue weighted by Crippen LogP contribution is -2.54. The van der Waals surface area contributed by atoms with Crippen molar-refractivity contribution in [3.8, 4) is 5.75 Å². The van der Waals surface area contributed by atoms with Crippen molar-refractivity contribution < 1.29 is 9.13 Å². The van der Waals surface area contributed by atoms with E-state index < -0.39 is 0 Å². The summed E-state index contributed by atoms with van der Waals surface area (Å²) in [5, 5.41) is 4.57. The lowest BCUT2D eigenvalue weighted by atomic mass is 9.48. The first-order valence-electron chi connectivity index (χ1n) is 11.4. The summed E-state index contributed by atoms with van der Waals surface area (Å²) in [6.45, 7) is 3.55. The van der Waals surface area contributed by atoms with Crippen molar-refractivity contribution in [2.75, 3.05) is 0 Å². The van der Waals surface area contributed by atoms with Crippen molar-refractivity contribution in [2.45, 2.75) is 64.6 Å². The van der Waals surface area contributed by atoms with Gasteiger partial charge < -0.3 is 10.1 Å². The summed E-state index contributed by atoms with van der Waals surface area (Å²) in [5.74, 6) is 3.49. The van der Waals surface area contributed by atoms with E-state index in [1.165, 1.54) is 50.7 Å². The van der Waals surface area contributed by atoms with Crippen LogP contribution in [0.1, 0.15) is 56.6 Å². The molecule has 6 rings (SSSR count). The van der Waals surface area contributed by atoms with Crippen LogP contribution in [-0.4, -0.2) is 6.04 Å². The highest BCUT2D eigenvalue weighted by Crippen LogP contribution is 2.61. The minimum Gasteiger partial charge on any atom is -0.489 e. The van der Waals surface area contributed by atoms with Gasteiger partial charge in [0.1, 0.15) is 18.2 Å². The average Bonchev–Trinajstić information content (AvgIpc) is 2.71. The van der Waals surface area contributed by atoms with Gasteiger partial charge in [0.15, 0.2) is 0 Å². The number of halogens is 2. The largest absolute Gasteiger partial charge is 0.489 e. The molecule has 0 saturated heterocycles. The average molecular weight is 428 g/mol. The highest BCUT2D eigenvalue weighted by atomic mass is 35.5. The van der Waals surface area contributed by atoms with Crippen LogP contribution in [0.2, 0.25) is 5.02 Å². The van der Waals surface area contributed by atoms with Crippen LogP contribution in [0, 0.1) is 29.0 Å². The summed E-state index contributed by atoms with van der Waals surface area (Å²) >= 11 is 6.30. The van der Waals surface area contributed by atoms with Gasteiger partial charge in [-0.25, -0.2) is 4.39 Å². The fraction of sp³-hybridized carbons (Fsp3) is 0.538. The Morgan fingerprint density at radius 1 is 1.03 bits per heavy atom. The van der Waals surface area contributed by atoms with E-state index in [9.17, 15) is 4.39 Å². The van der Waals surface area contributed by atoms with Crippen molar-refractivity contribution >= 4 is 11.6 Å². The van der Waals surface area contributed by atoms with Gasteiger partial charge in [0.05, 0.1) is 0 Å². The monoisotopic (exact) mass is 427 g/mol. The molecule has 4 aliphatic rings. The van der Waals surface area contributed by atoms with E-state index >= 15 is 0 Å². The maximum Gasteiger partial charge on any atom is 0.124 e. The lowest BCUT2D eigenvalue weighted by molar-refractivity contribution is -0.0706. The molecule has 2 aromatic carbocycles. The molecule has 1 atom stereocenters. The molecule has 1 N–H and O–H groups in total. The second-order valence-corrected chi connectivity index (χ2v) is 10.5. The van der Waals surface area contributed by atoms with Crippen LogP contribution in [0.15, 0.2) is 42.5 Å². The molecule has 4 saturated carbocycles. The smallest absolute Gasteiger partial charge is 0.124 e. The number of hydrogen-bond donors (Lipinski definition) is 1. The van der Waals surface area contributed by atoms with Crippen molar-refractivity contribution in [3.63, 3.8) is 0 Å². The molecule has 4 heteroatoms. The van der Waals surface area contributed by atoms with Gasteiger partial charge in [0.25, 0.3) is 0 Å². The van der Waals surface area contributed by atoms with E-state index in [1.807, 2.05) is 18.2 Å². The first kappa shape index (κ1) is 20.3. The Hall–Kier alpha value is -1.58. The van der Waals surface area contributed by atoms with Crippen molar-refractivity contribution in [3.05, 3.63) is 64.4 Å². The summed E-state index contributed by atoms with van der Waals surface area (Å²) in [5.41, 5.74) is 2.51. The van der Waals surface area contributed by atoms with Gasteiger partial charge in [0.2, 0.25) is 0 Å². The summed E-state index contributed by atoms with van der Waals surface area (Å²) in [6, 6.07) is 12.8. The predicted octanol–water partition coefficient (Wildman–Crippen LogP) is 6.75. The van der Waals surface area contributed by atoms with Crippen LogP contribution in [0.25, 0.3) is 0 Å². The molecule has 4 bridgehead atoms. The number of hydrogen-bond acceptors (Lipinski definition) is 2. The molecule has 2 aromatic rings. The molecule has 2 nitrogen and oxygen atoms in total. The molecule has 0 aromatic heterocycles. The van der Waals surface area contributed by atoms with E-state index in [-0.39, 0.29) is 5.82 Å². The van der Waals surface area contributed by atoms with Crippen LogP contribution in [0.3, 0.4) is 0 Å². The second kappa shape index (κ2) is 8.16. The number of ether oxygens (including phenoxy) is 1. The fourth-order valence-corrected chi connectivity index (χ4v) is 6.95. The van der Waals surface area contributed by atoms with Crippen LogP contribution < -0.4 is 10.1 Å². The minimum absolute atomic E-state index is 0.228. The van der Waals surface area contributed by atoms with Crippen LogP contribution in [0.5, 0.6) is 5.75 Å². The van der Waals surface area contributed by atoms with Crippen LogP contribution in [0.4, 0.5) is 4.39 Å². The van der Waals surface area contributed by atoms with Gasteiger partial charge in [-0.15, -0.1) is 0 Å². The van der Waals surface area contributed by atoms with E-state index in [0.717, 1.165) is 46.2 Å². The molecule has 4 fully saturated rings. The minimum atomic E-state index is -0.228. The summed E-state index contributed by atoms with van der Waals surface area (Å²) in [7, 11) is 0. The van der Waals surface area contributed by atoms with Gasteiger partial charge in [-0.1, -0.05) is 23.7 Å². The normalized spacial score (nSPS) is 30.4. The lowest BCUT2D eigenvalue weighted by Gasteiger charge is -2.59. The van der Waals surface area contributed by atoms with E-state index in [2.05, 4.69) is 12.2 Å². The van der Waals surface area contributed by atoms with Gasteiger partial charge >= 0.3 is 0 Å². The quantitative estimate of drug-likeness (QED) is 0.527. The number of nitrogens with one attached hydrogen (secondary N) is 1. The number of benzene rings is 2. The Morgan fingerprint density at radius 2 is 1.67 bits per heavy atom. The molecule has 0 amide bonds. The molecule has 0 radical (unpaired) electrons. The highest BCUT2D eigenvalue weighted by molar-refractivity contribution is 6.30. The second-order valence-electron chi connectivity index (χ2n) is 10.0. The first-order valence-corrected chi connectivity index (χ1v) is 11.8. The summed E-state index contributed by atoms with van der Waals surface area (Å²) in [6.07, 6.45) is 8.62. The molecular weight excluding hydrogens is 397 g/mol. The third kappa shape index (κ3) is 4.11. The van der Waals surface area contributed by atoms with Gasteiger partial charge in [0, 0.05) is 23.2 Å². The maximum atomic E-state index is 13.1. The van der Waals surface area contributed by atoms with E-state index in [0.29, 0.717) is 18.1 Å². The Morgan fingerprint density at radius 3 is 2.30 bits per heavy atom. The molecule has 0 aliphatic heterocycles. The molecule has 0 unspecified atom stereocenters. The predicted molar refractivity (Wildman–Crippen MR) is 119 cm³/mol. The van der Waals surface area contributed by atoms with E-state index in [4.69, 9.17) is 16.3 Å². The van der Waals surface area contributed by atoms with Gasteiger partial charge in [-0.3, -0.25) is 0 Å². The maximum absolute atomic E-state index is 13.1. The Bertz CT molecular complexity index is 861. The molecule has 160 valence electrons. The van der Waals surface area contributed by atoms with Gasteiger partial charge in [-0.05, 0) is 105 Å². The summed E-state index contributed by atoms with van der Waals surface area (Å²) in [4.78, 5) is 0. The fourth-order valence-electron chi connectivity index (χ4n) is 6.76. The van der Waals surface area contributed by atoms with Crippen LogP contribution >= 0.6 is 11.6 Å². The zero-order valence-corrected chi connectivity index (χ0v) is 18.4. The zero-order valence-electron chi connectivity index (χ0n) is 17.7. The van der Waals surface area contributed by atoms with Crippen LogP contribution in [-0.2, 0) is 13.2 Å². The number of rotatable bonds is 7. The summed E-state index contributed by atoms with van der Waals surface area (Å²) < 4.78 is 19.2. The van der Waals surface area contributed by atoms with E-state index in [1.54, 1.807) is 12.1 Å². The molecule has 0 spiro atoms. The Kier molecular flexibility index (Phi) is 5.53. The van der Waals surface area contributed by atoms with Crippen molar-refractivity contribution in [1.82, 2.24) is 5.32 Å². The Balaban J connectivity index is 1.25. The SMILES string of the molecule is C[C@H](NCc1cc(Cl)ccc1OCc1ccc(F)cc1)C12CC3CC(CC(C3)C1)C2. The Labute approximate surface area is 184 Å². The van der Waals surface area contributed by atoms with Crippen molar-refractivity contribution in [2.24, 2.45) is 23.2 Å². The van der Waals surface area contributed by atoms with Gasteiger partial charge in [-0.2, -0.15) is 0 Å². The third-order valence-electron chi connectivity index (χ3n) is 7.93. The molecule has 0 heterocycles. The molecule has 4 aliphatic carbocycles. The van der Waals surface area contributed by atoms with Crippen molar-refractivity contribution in [1.29, 1.82) is 0 Å². The third-order valence-corrected chi connectivity index (χ3v) is 8.17. The molecule has 30 heavy (non-hydrogen) atoms. The topological polar surface area (TPSA) is 21.3 Å². The first-order chi connectivity index (χ1) is 14.5. The standard InChI is InChI=1S/C26H31ClFNO/c1-17(26-12-19-8-20(13-26)10-21(9-19)14-26)29-15-22-11-23(27)4-7-25(22)30-16-18-2-5-24(28)6-3-18/h2-7,11,17,19-21,29H,8-10,12-16H2,1H3/t17-,19?,20?,21?,26?/m0/s1. The highest BCUT2D eigenvalue weighted by Gasteiger charge is 2.52. The zero-order chi connectivity index (χ0) is 20.7.